The molecule has 2 saturated carbocycles. The molecule has 2 aliphatic carbocycles. The zero-order valence-electron chi connectivity index (χ0n) is 47.9. The maximum Gasteiger partial charge on any atom is 0.309 e. The summed E-state index contributed by atoms with van der Waals surface area (Å²) in [6.45, 7) is 13.6. The molecule has 0 saturated heterocycles. The van der Waals surface area contributed by atoms with Gasteiger partial charge in [0.25, 0.3) is 0 Å². The molecule has 0 spiro atoms. The summed E-state index contributed by atoms with van der Waals surface area (Å²) >= 11 is 0. The Morgan fingerprint density at radius 1 is 0.407 bits per heavy atom. The summed E-state index contributed by atoms with van der Waals surface area (Å²) < 4.78 is 23.4. The smallest absolute Gasteiger partial charge is 0.309 e. The molecule has 3 atom stereocenters. The lowest BCUT2D eigenvalue weighted by atomic mass is 9.87. The Balaban J connectivity index is 0.000000170. The van der Waals surface area contributed by atoms with Crippen molar-refractivity contribution in [2.75, 3.05) is 0 Å². The van der Waals surface area contributed by atoms with Crippen molar-refractivity contribution >= 4 is 110 Å². The van der Waals surface area contributed by atoms with Crippen molar-refractivity contribution in [3.63, 3.8) is 0 Å². The monoisotopic (exact) mass is 1080 g/mol. The maximum absolute atomic E-state index is 13.2. The maximum atomic E-state index is 13.2. The molecule has 0 aliphatic heterocycles. The van der Waals surface area contributed by atoms with Crippen LogP contribution >= 0.6 is 0 Å². The summed E-state index contributed by atoms with van der Waals surface area (Å²) in [6, 6.07) is 56.7. The first-order valence-electron chi connectivity index (χ1n) is 29.5. The van der Waals surface area contributed by atoms with Gasteiger partial charge in [0.15, 0.2) is 0 Å². The summed E-state index contributed by atoms with van der Waals surface area (Å²) in [5, 5.41) is 19.3. The Kier molecular flexibility index (Phi) is 15.9. The van der Waals surface area contributed by atoms with Crippen LogP contribution in [0.5, 0.6) is 0 Å². The van der Waals surface area contributed by atoms with Crippen LogP contribution in [0.15, 0.2) is 158 Å². The highest BCUT2D eigenvalue weighted by atomic mass is 16.6. The molecular formula is C73H74O8. The Morgan fingerprint density at radius 3 is 1.11 bits per heavy atom. The fourth-order valence-electron chi connectivity index (χ4n) is 12.0. The lowest BCUT2D eigenvalue weighted by Crippen LogP contribution is -2.34. The normalized spacial score (nSPS) is 18.8. The molecule has 0 heterocycles. The highest BCUT2D eigenvalue weighted by Crippen LogP contribution is 2.37. The molecule has 0 radical (unpaired) electrons. The number of esters is 4. The molecule has 12 rings (SSSR count). The third-order valence-electron chi connectivity index (χ3n) is 17.7. The minimum Gasteiger partial charge on any atom is -0.462 e. The quantitative estimate of drug-likeness (QED) is 0.0677. The Morgan fingerprint density at radius 2 is 0.728 bits per heavy atom. The minimum atomic E-state index is -0.762. The molecule has 8 nitrogen and oxygen atoms in total. The second kappa shape index (κ2) is 23.3. The number of carbonyl (C=O) groups excluding carboxylic acids is 4. The first kappa shape index (κ1) is 55.1. The second-order valence-electron chi connectivity index (χ2n) is 23.8. The zero-order chi connectivity index (χ0) is 56.5. The Labute approximate surface area is 475 Å². The van der Waals surface area contributed by atoms with Crippen LogP contribution < -0.4 is 0 Å². The van der Waals surface area contributed by atoms with Gasteiger partial charge >= 0.3 is 23.9 Å². The number of ether oxygens (including phenoxy) is 4. The van der Waals surface area contributed by atoms with Crippen molar-refractivity contribution in [2.24, 2.45) is 23.7 Å². The van der Waals surface area contributed by atoms with Gasteiger partial charge in [0, 0.05) is 0 Å². The highest BCUT2D eigenvalue weighted by Gasteiger charge is 2.35. The molecule has 10 aromatic carbocycles. The molecule has 0 bridgehead atoms. The van der Waals surface area contributed by atoms with Gasteiger partial charge < -0.3 is 18.9 Å². The second-order valence-corrected chi connectivity index (χ2v) is 23.8. The van der Waals surface area contributed by atoms with Crippen LogP contribution in [-0.2, 0) is 43.7 Å². The highest BCUT2D eigenvalue weighted by molar-refractivity contribution is 6.10. The summed E-state index contributed by atoms with van der Waals surface area (Å²) in [4.78, 5) is 50.5. The zero-order valence-corrected chi connectivity index (χ0v) is 47.9. The van der Waals surface area contributed by atoms with Gasteiger partial charge in [0.2, 0.25) is 0 Å². The van der Waals surface area contributed by atoms with Crippen molar-refractivity contribution in [2.45, 2.75) is 137 Å². The van der Waals surface area contributed by atoms with Crippen molar-refractivity contribution in [3.8, 4) is 0 Å². The Hall–Kier alpha value is -7.84. The van der Waals surface area contributed by atoms with Gasteiger partial charge in [-0.05, 0) is 267 Å². The molecule has 0 N–H and O–H groups in total. The average Bonchev–Trinajstić information content (AvgIpc) is 3.51. The van der Waals surface area contributed by atoms with Crippen LogP contribution in [-0.4, -0.2) is 36.1 Å². The van der Waals surface area contributed by atoms with Crippen molar-refractivity contribution in [3.05, 3.63) is 169 Å². The van der Waals surface area contributed by atoms with E-state index >= 15 is 0 Å². The van der Waals surface area contributed by atoms with Crippen LogP contribution in [0.3, 0.4) is 0 Å². The molecule has 3 unspecified atom stereocenters. The number of carbonyl (C=O) groups is 4. The predicted octanol–water partition coefficient (Wildman–Crippen LogP) is 18.3. The molecule has 2 aliphatic rings. The molecule has 414 valence electrons. The van der Waals surface area contributed by atoms with E-state index in [4.69, 9.17) is 18.9 Å². The first-order valence-corrected chi connectivity index (χ1v) is 29.5. The van der Waals surface area contributed by atoms with E-state index in [9.17, 15) is 19.2 Å². The van der Waals surface area contributed by atoms with Crippen LogP contribution in [0.4, 0.5) is 0 Å². The number of benzene rings is 10. The fraction of sp³-hybridized carbons (Fsp3) is 0.342. The third-order valence-corrected chi connectivity index (χ3v) is 17.7. The topological polar surface area (TPSA) is 105 Å². The van der Waals surface area contributed by atoms with Crippen molar-refractivity contribution in [1.82, 2.24) is 0 Å². The van der Waals surface area contributed by atoms with Gasteiger partial charge in [-0.2, -0.15) is 0 Å². The van der Waals surface area contributed by atoms with Crippen molar-refractivity contribution in [1.29, 1.82) is 0 Å². The number of fused-ring (bicyclic) bond motifs is 8. The van der Waals surface area contributed by atoms with Gasteiger partial charge in [-0.1, -0.05) is 100 Å². The lowest BCUT2D eigenvalue weighted by molar-refractivity contribution is -0.166. The standard InChI is InChI=1S/C37H38O4.C36H36O4/c1-5-23(2)35(38)40-34-14-11-24(12-15-34)36(39)41-37(3,4)33-13-10-27-18-30-19-28-16-25-8-6-7-9-26(25)17-29(28)20-31(30)21-32(27)22-33;1-4-22(2)35(37)40-34-13-11-24(12-14-34)36(38)39-23(3)25-9-10-28-18-32-20-30-16-26-7-5-6-8-27(26)17-31(30)21-33(32)19-29(28)15-25/h6-10,13,16-24,34H,5,11-12,14-15H2,1-4H3;5-10,15-24,34H,4,11-14H2,1-3H3. The average molecular weight is 1080 g/mol. The molecule has 10 aromatic rings. The van der Waals surface area contributed by atoms with Crippen LogP contribution in [0, 0.1) is 23.7 Å². The fourth-order valence-corrected chi connectivity index (χ4v) is 12.0. The van der Waals surface area contributed by atoms with Crippen LogP contribution in [0.25, 0.3) is 86.2 Å². The van der Waals surface area contributed by atoms with Crippen LogP contribution in [0.1, 0.15) is 130 Å². The van der Waals surface area contributed by atoms with Crippen molar-refractivity contribution < 1.29 is 38.1 Å². The van der Waals surface area contributed by atoms with Gasteiger partial charge in [-0.15, -0.1) is 0 Å². The number of rotatable bonds is 12. The first-order chi connectivity index (χ1) is 39.1. The van der Waals surface area contributed by atoms with E-state index < -0.39 is 5.60 Å². The number of hydrogen-bond donors (Lipinski definition) is 0. The summed E-state index contributed by atoms with van der Waals surface area (Å²) in [7, 11) is 0. The van der Waals surface area contributed by atoms with E-state index in [1.807, 2.05) is 48.5 Å². The van der Waals surface area contributed by atoms with Gasteiger partial charge in [-0.25, -0.2) is 0 Å². The summed E-state index contributed by atoms with van der Waals surface area (Å²) in [5.41, 5.74) is 1.20. The lowest BCUT2D eigenvalue weighted by Gasteiger charge is -2.32. The van der Waals surface area contributed by atoms with E-state index in [-0.39, 0.29) is 65.9 Å². The summed E-state index contributed by atoms with van der Waals surface area (Å²) in [6.07, 6.45) is 6.60. The largest absolute Gasteiger partial charge is 0.462 e. The summed E-state index contributed by atoms with van der Waals surface area (Å²) in [5.74, 6) is -1.06. The van der Waals surface area contributed by atoms with E-state index in [2.05, 4.69) is 158 Å². The molecule has 81 heavy (non-hydrogen) atoms. The van der Waals surface area contributed by atoms with E-state index in [0.717, 1.165) is 40.1 Å². The van der Waals surface area contributed by atoms with E-state index in [0.29, 0.717) is 51.4 Å². The SMILES string of the molecule is CCC(C)C(=O)OC1CCC(C(=O)OC(C)(C)c2ccc3cc4cc5cc6ccccc6cc5cc4cc3c2)CC1.CCC(C)C(=O)OC1CCC(C(=O)OC(C)c2ccc3cc4cc5cc6ccccc6cc5cc4cc3c2)CC1. The molecule has 0 amide bonds. The molecule has 0 aromatic heterocycles. The van der Waals surface area contributed by atoms with E-state index in [1.54, 1.807) is 0 Å². The third kappa shape index (κ3) is 12.1. The van der Waals surface area contributed by atoms with Crippen LogP contribution in [0.2, 0.25) is 0 Å². The minimum absolute atomic E-state index is 0.0804. The van der Waals surface area contributed by atoms with Gasteiger partial charge in [0.1, 0.15) is 23.9 Å². The Bertz CT molecular complexity index is 4030. The number of hydrogen-bond acceptors (Lipinski definition) is 8. The van der Waals surface area contributed by atoms with Gasteiger partial charge in [-0.3, -0.25) is 19.2 Å². The molecular weight excluding hydrogens is 1000 g/mol. The van der Waals surface area contributed by atoms with Gasteiger partial charge in [0.05, 0.1) is 23.7 Å². The predicted molar refractivity (Wildman–Crippen MR) is 329 cm³/mol. The van der Waals surface area contributed by atoms with E-state index in [1.165, 1.54) is 70.0 Å². The molecule has 8 heteroatoms. The molecule has 2 fully saturated rings.